The van der Waals surface area contributed by atoms with Crippen molar-refractivity contribution >= 4 is 11.8 Å². The number of benzene rings is 1. The SMILES string of the molecule is CCC(Cc1ccc(C)cc1)Nc1ccc(C(=O)OC)nn1. The van der Waals surface area contributed by atoms with E-state index in [1.807, 2.05) is 0 Å². The molecule has 116 valence electrons. The zero-order chi connectivity index (χ0) is 15.9. The van der Waals surface area contributed by atoms with E-state index in [0.717, 1.165) is 12.8 Å². The van der Waals surface area contributed by atoms with Crippen LogP contribution < -0.4 is 5.32 Å². The van der Waals surface area contributed by atoms with E-state index in [0.29, 0.717) is 5.82 Å². The third kappa shape index (κ3) is 4.28. The fourth-order valence-corrected chi connectivity index (χ4v) is 2.14. The largest absolute Gasteiger partial charge is 0.464 e. The zero-order valence-corrected chi connectivity index (χ0v) is 13.2. The lowest BCUT2D eigenvalue weighted by molar-refractivity contribution is 0.0593. The molecule has 5 heteroatoms. The lowest BCUT2D eigenvalue weighted by Crippen LogP contribution is -2.22. The summed E-state index contributed by atoms with van der Waals surface area (Å²) in [5, 5.41) is 11.2. The number of hydrogen-bond donors (Lipinski definition) is 1. The van der Waals surface area contributed by atoms with Crippen LogP contribution in [0.15, 0.2) is 36.4 Å². The minimum Gasteiger partial charge on any atom is -0.464 e. The number of carbonyl (C=O) groups excluding carboxylic acids is 1. The number of nitrogens with zero attached hydrogens (tertiary/aromatic N) is 2. The summed E-state index contributed by atoms with van der Waals surface area (Å²) in [6.45, 7) is 4.21. The molecule has 1 aromatic carbocycles. The van der Waals surface area contributed by atoms with Crippen molar-refractivity contribution < 1.29 is 9.53 Å². The fraction of sp³-hybridized carbons (Fsp3) is 0.353. The van der Waals surface area contributed by atoms with Crippen molar-refractivity contribution in [3.63, 3.8) is 0 Å². The van der Waals surface area contributed by atoms with Gasteiger partial charge in [-0.1, -0.05) is 36.8 Å². The second-order valence-corrected chi connectivity index (χ2v) is 5.23. The van der Waals surface area contributed by atoms with Crippen LogP contribution in [0.4, 0.5) is 5.82 Å². The third-order valence-corrected chi connectivity index (χ3v) is 3.51. The molecule has 22 heavy (non-hydrogen) atoms. The van der Waals surface area contributed by atoms with Gasteiger partial charge in [-0.05, 0) is 37.5 Å². The number of rotatable bonds is 6. The summed E-state index contributed by atoms with van der Waals surface area (Å²) in [6.07, 6.45) is 1.88. The van der Waals surface area contributed by atoms with Crippen LogP contribution in [0.1, 0.15) is 35.0 Å². The molecule has 1 aromatic heterocycles. The Kier molecular flexibility index (Phi) is 5.47. The molecule has 1 unspecified atom stereocenters. The first-order valence-electron chi connectivity index (χ1n) is 7.36. The maximum absolute atomic E-state index is 11.3. The van der Waals surface area contributed by atoms with E-state index in [1.165, 1.54) is 18.2 Å². The Morgan fingerprint density at radius 2 is 1.91 bits per heavy atom. The first-order valence-corrected chi connectivity index (χ1v) is 7.36. The maximum Gasteiger partial charge on any atom is 0.358 e. The monoisotopic (exact) mass is 299 g/mol. The molecule has 5 nitrogen and oxygen atoms in total. The van der Waals surface area contributed by atoms with E-state index in [9.17, 15) is 4.79 Å². The van der Waals surface area contributed by atoms with Gasteiger partial charge < -0.3 is 10.1 Å². The summed E-state index contributed by atoms with van der Waals surface area (Å²) in [5.41, 5.74) is 2.75. The Balaban J connectivity index is 2.00. The second kappa shape index (κ2) is 7.54. The van der Waals surface area contributed by atoms with Crippen molar-refractivity contribution in [3.05, 3.63) is 53.2 Å². The molecule has 2 aromatic rings. The molecule has 0 radical (unpaired) electrons. The number of methoxy groups -OCH3 is 1. The van der Waals surface area contributed by atoms with E-state index in [1.54, 1.807) is 12.1 Å². The summed E-state index contributed by atoms with van der Waals surface area (Å²) < 4.78 is 4.61. The predicted molar refractivity (Wildman–Crippen MR) is 86.0 cm³/mol. The molecule has 0 spiro atoms. The molecular weight excluding hydrogens is 278 g/mol. The summed E-state index contributed by atoms with van der Waals surface area (Å²) in [7, 11) is 1.32. The minimum atomic E-state index is -0.481. The molecule has 0 aliphatic carbocycles. The number of carbonyl (C=O) groups is 1. The number of aromatic nitrogens is 2. The van der Waals surface area contributed by atoms with Crippen LogP contribution in [0.2, 0.25) is 0 Å². The summed E-state index contributed by atoms with van der Waals surface area (Å²) in [6, 6.07) is 12.1. The highest BCUT2D eigenvalue weighted by Gasteiger charge is 2.11. The molecule has 0 aliphatic heterocycles. The standard InChI is InChI=1S/C17H21N3O2/c1-4-14(11-13-7-5-12(2)6-8-13)18-16-10-9-15(19-20-16)17(21)22-3/h5-10,14H,4,11H2,1-3H3,(H,18,20). The van der Waals surface area contributed by atoms with Gasteiger partial charge in [0.05, 0.1) is 7.11 Å². The van der Waals surface area contributed by atoms with Gasteiger partial charge in [0.25, 0.3) is 0 Å². The Morgan fingerprint density at radius 3 is 2.45 bits per heavy atom. The Labute approximate surface area is 130 Å². The van der Waals surface area contributed by atoms with Gasteiger partial charge in [-0.15, -0.1) is 10.2 Å². The number of esters is 1. The Morgan fingerprint density at radius 1 is 1.18 bits per heavy atom. The van der Waals surface area contributed by atoms with E-state index in [-0.39, 0.29) is 11.7 Å². The molecular formula is C17H21N3O2. The van der Waals surface area contributed by atoms with Crippen LogP contribution in [0.3, 0.4) is 0 Å². The molecule has 0 amide bonds. The van der Waals surface area contributed by atoms with E-state index < -0.39 is 5.97 Å². The van der Waals surface area contributed by atoms with Crippen LogP contribution in [-0.4, -0.2) is 29.3 Å². The number of ether oxygens (including phenoxy) is 1. The van der Waals surface area contributed by atoms with Crippen molar-refractivity contribution in [1.82, 2.24) is 10.2 Å². The predicted octanol–water partition coefficient (Wildman–Crippen LogP) is 3.00. The summed E-state index contributed by atoms with van der Waals surface area (Å²) in [4.78, 5) is 11.3. The van der Waals surface area contributed by atoms with E-state index in [4.69, 9.17) is 0 Å². The van der Waals surface area contributed by atoms with Gasteiger partial charge in [0, 0.05) is 6.04 Å². The molecule has 1 N–H and O–H groups in total. The molecule has 0 fully saturated rings. The van der Waals surface area contributed by atoms with Gasteiger partial charge in [-0.25, -0.2) is 4.79 Å². The molecule has 2 rings (SSSR count). The topological polar surface area (TPSA) is 64.1 Å². The molecule has 0 saturated heterocycles. The zero-order valence-electron chi connectivity index (χ0n) is 13.2. The average Bonchev–Trinajstić information content (AvgIpc) is 2.56. The van der Waals surface area contributed by atoms with Gasteiger partial charge in [-0.2, -0.15) is 0 Å². The number of aryl methyl sites for hydroxylation is 1. The average molecular weight is 299 g/mol. The van der Waals surface area contributed by atoms with Crippen molar-refractivity contribution in [2.75, 3.05) is 12.4 Å². The van der Waals surface area contributed by atoms with Crippen LogP contribution in [0, 0.1) is 6.92 Å². The maximum atomic E-state index is 11.3. The van der Waals surface area contributed by atoms with Crippen molar-refractivity contribution in [2.45, 2.75) is 32.7 Å². The van der Waals surface area contributed by atoms with Crippen LogP contribution in [0.25, 0.3) is 0 Å². The quantitative estimate of drug-likeness (QED) is 0.831. The van der Waals surface area contributed by atoms with Gasteiger partial charge in [0.1, 0.15) is 5.82 Å². The van der Waals surface area contributed by atoms with Crippen LogP contribution in [-0.2, 0) is 11.2 Å². The smallest absolute Gasteiger partial charge is 0.358 e. The highest BCUT2D eigenvalue weighted by atomic mass is 16.5. The molecule has 1 atom stereocenters. The lowest BCUT2D eigenvalue weighted by Gasteiger charge is -2.17. The van der Waals surface area contributed by atoms with Crippen LogP contribution >= 0.6 is 0 Å². The molecule has 0 aliphatic rings. The van der Waals surface area contributed by atoms with Crippen molar-refractivity contribution in [3.8, 4) is 0 Å². The van der Waals surface area contributed by atoms with Gasteiger partial charge >= 0.3 is 5.97 Å². The third-order valence-electron chi connectivity index (χ3n) is 3.51. The van der Waals surface area contributed by atoms with Crippen molar-refractivity contribution in [1.29, 1.82) is 0 Å². The lowest BCUT2D eigenvalue weighted by atomic mass is 10.0. The first-order chi connectivity index (χ1) is 10.6. The minimum absolute atomic E-state index is 0.208. The van der Waals surface area contributed by atoms with Gasteiger partial charge in [0.15, 0.2) is 5.69 Å². The number of nitrogens with one attached hydrogen (secondary N) is 1. The van der Waals surface area contributed by atoms with E-state index in [2.05, 4.69) is 58.4 Å². The van der Waals surface area contributed by atoms with E-state index >= 15 is 0 Å². The highest BCUT2D eigenvalue weighted by molar-refractivity contribution is 5.86. The van der Waals surface area contributed by atoms with Crippen molar-refractivity contribution in [2.24, 2.45) is 0 Å². The number of hydrogen-bond acceptors (Lipinski definition) is 5. The van der Waals surface area contributed by atoms with Crippen LogP contribution in [0.5, 0.6) is 0 Å². The highest BCUT2D eigenvalue weighted by Crippen LogP contribution is 2.12. The number of anilines is 1. The Hall–Kier alpha value is -2.43. The molecule has 1 heterocycles. The van der Waals surface area contributed by atoms with Gasteiger partial charge in [0.2, 0.25) is 0 Å². The molecule has 0 bridgehead atoms. The second-order valence-electron chi connectivity index (χ2n) is 5.23. The van der Waals surface area contributed by atoms with Gasteiger partial charge in [-0.3, -0.25) is 0 Å². The normalized spacial score (nSPS) is 11.8. The Bertz CT molecular complexity index is 609. The molecule has 0 saturated carbocycles. The fourth-order valence-electron chi connectivity index (χ4n) is 2.14. The summed E-state index contributed by atoms with van der Waals surface area (Å²) >= 11 is 0. The summed E-state index contributed by atoms with van der Waals surface area (Å²) in [5.74, 6) is 0.178. The first kappa shape index (κ1) is 15.9.